The van der Waals surface area contributed by atoms with Gasteiger partial charge in [0.15, 0.2) is 17.3 Å². The van der Waals surface area contributed by atoms with Gasteiger partial charge < -0.3 is 20.5 Å². The summed E-state index contributed by atoms with van der Waals surface area (Å²) in [6.45, 7) is 4.09. The summed E-state index contributed by atoms with van der Waals surface area (Å²) in [5.41, 5.74) is 9.40. The van der Waals surface area contributed by atoms with Gasteiger partial charge in [0, 0.05) is 13.0 Å². The number of hydrazone groups is 1. The lowest BCUT2D eigenvalue weighted by molar-refractivity contribution is -0.119. The first kappa shape index (κ1) is 20.8. The molecule has 0 aliphatic rings. The van der Waals surface area contributed by atoms with Crippen LogP contribution in [-0.2, 0) is 11.2 Å². The van der Waals surface area contributed by atoms with E-state index in [2.05, 4.69) is 15.8 Å². The zero-order chi connectivity index (χ0) is 19.5. The Morgan fingerprint density at radius 2 is 2.15 bits per heavy atom. The topological polar surface area (TPSA) is 146 Å². The van der Waals surface area contributed by atoms with Crippen molar-refractivity contribution in [1.82, 2.24) is 5.32 Å². The molecule has 5 N–H and O–H groups in total. The van der Waals surface area contributed by atoms with Crippen LogP contribution in [0.5, 0.6) is 11.5 Å². The highest BCUT2D eigenvalue weighted by molar-refractivity contribution is 6.45. The molecule has 0 atom stereocenters. The maximum Gasteiger partial charge on any atom is 0.216 e. The van der Waals surface area contributed by atoms with Gasteiger partial charge in [-0.1, -0.05) is 13.3 Å². The Bertz CT molecular complexity index is 724. The smallest absolute Gasteiger partial charge is 0.216 e. The summed E-state index contributed by atoms with van der Waals surface area (Å²) in [4.78, 5) is 10.9. The molecule has 1 aromatic carbocycles. The van der Waals surface area contributed by atoms with Gasteiger partial charge in [-0.05, 0) is 18.1 Å². The van der Waals surface area contributed by atoms with Crippen molar-refractivity contribution in [3.63, 3.8) is 0 Å². The van der Waals surface area contributed by atoms with Crippen molar-refractivity contribution in [2.75, 3.05) is 25.7 Å². The Morgan fingerprint density at radius 3 is 2.69 bits per heavy atom. The first-order valence-corrected chi connectivity index (χ1v) is 8.09. The van der Waals surface area contributed by atoms with Crippen molar-refractivity contribution >= 4 is 23.1 Å². The maximum absolute atomic E-state index is 10.9. The van der Waals surface area contributed by atoms with Gasteiger partial charge in [0.25, 0.3) is 0 Å². The lowest BCUT2D eigenvalue weighted by Crippen LogP contribution is -2.25. The van der Waals surface area contributed by atoms with E-state index >= 15 is 0 Å². The Kier molecular flexibility index (Phi) is 8.43. The predicted octanol–water partition coefficient (Wildman–Crippen LogP) is 1.39. The molecule has 9 nitrogen and oxygen atoms in total. The van der Waals surface area contributed by atoms with E-state index in [4.69, 9.17) is 25.9 Å². The van der Waals surface area contributed by atoms with E-state index in [1.165, 1.54) is 6.92 Å². The van der Waals surface area contributed by atoms with Crippen LogP contribution in [0.4, 0.5) is 5.69 Å². The number of nitriles is 1. The fraction of sp³-hybridized carbons (Fsp3) is 0.412. The maximum atomic E-state index is 10.9. The number of carbonyl (C=O) groups excluding carboxylic acids is 1. The average molecular weight is 360 g/mol. The molecule has 0 aromatic heterocycles. The second-order valence-electron chi connectivity index (χ2n) is 5.34. The van der Waals surface area contributed by atoms with E-state index in [1.807, 2.05) is 13.0 Å². The standard InChI is InChI=1S/C17H24N6O3/c1-4-5-12-8-15(25-3)16(26-7-6-21-11(2)24)9-13(12)22-23-14(10-18)17(19)20/h8-9,22H,4-7H2,1-3H3,(H3,19,20)(H,21,24)/b23-14+. The summed E-state index contributed by atoms with van der Waals surface area (Å²) in [6, 6.07) is 5.29. The number of anilines is 1. The summed E-state index contributed by atoms with van der Waals surface area (Å²) in [7, 11) is 1.54. The normalized spacial score (nSPS) is 10.6. The zero-order valence-electron chi connectivity index (χ0n) is 15.2. The second-order valence-corrected chi connectivity index (χ2v) is 5.34. The van der Waals surface area contributed by atoms with Crippen molar-refractivity contribution < 1.29 is 14.3 Å². The number of nitrogens with one attached hydrogen (secondary N) is 3. The van der Waals surface area contributed by atoms with Gasteiger partial charge in [0.2, 0.25) is 11.6 Å². The van der Waals surface area contributed by atoms with Crippen molar-refractivity contribution in [1.29, 1.82) is 10.7 Å². The van der Waals surface area contributed by atoms with E-state index < -0.39 is 5.84 Å². The van der Waals surface area contributed by atoms with E-state index in [0.29, 0.717) is 23.7 Å². The van der Waals surface area contributed by atoms with Crippen LogP contribution >= 0.6 is 0 Å². The SMILES string of the molecule is CCCc1cc(OC)c(OCCNC(C)=O)cc1N/N=C(\C#N)C(=N)N. The van der Waals surface area contributed by atoms with Crippen molar-refractivity contribution in [2.45, 2.75) is 26.7 Å². The van der Waals surface area contributed by atoms with Crippen LogP contribution in [0.1, 0.15) is 25.8 Å². The Balaban J connectivity index is 3.08. The minimum absolute atomic E-state index is 0.135. The van der Waals surface area contributed by atoms with Gasteiger partial charge in [0.1, 0.15) is 12.7 Å². The van der Waals surface area contributed by atoms with Crippen LogP contribution in [0, 0.1) is 16.7 Å². The number of ether oxygens (including phenoxy) is 2. The third-order valence-corrected chi connectivity index (χ3v) is 3.29. The summed E-state index contributed by atoms with van der Waals surface area (Å²) in [5.74, 6) is 0.468. The molecule has 0 saturated heterocycles. The van der Waals surface area contributed by atoms with Crippen LogP contribution in [0.2, 0.25) is 0 Å². The Morgan fingerprint density at radius 1 is 1.42 bits per heavy atom. The number of amides is 1. The number of rotatable bonds is 10. The number of aryl methyl sites for hydroxylation is 1. The Hall–Kier alpha value is -3.28. The number of methoxy groups -OCH3 is 1. The lowest BCUT2D eigenvalue weighted by atomic mass is 10.1. The monoisotopic (exact) mass is 360 g/mol. The van der Waals surface area contributed by atoms with Gasteiger partial charge in [-0.15, -0.1) is 0 Å². The lowest BCUT2D eigenvalue weighted by Gasteiger charge is -2.16. The number of hydrogen-bond acceptors (Lipinski definition) is 7. The molecule has 0 aliphatic carbocycles. The molecule has 1 aromatic rings. The molecule has 1 rings (SSSR count). The highest BCUT2D eigenvalue weighted by Crippen LogP contribution is 2.34. The minimum Gasteiger partial charge on any atom is -0.493 e. The molecule has 0 fully saturated rings. The molecule has 0 radical (unpaired) electrons. The molecular formula is C17H24N6O3. The van der Waals surface area contributed by atoms with E-state index in [9.17, 15) is 4.79 Å². The van der Waals surface area contributed by atoms with Crippen LogP contribution in [0.3, 0.4) is 0 Å². The van der Waals surface area contributed by atoms with Crippen LogP contribution in [0.25, 0.3) is 0 Å². The number of amidine groups is 1. The second kappa shape index (κ2) is 10.6. The van der Waals surface area contributed by atoms with Gasteiger partial charge in [-0.2, -0.15) is 10.4 Å². The van der Waals surface area contributed by atoms with Gasteiger partial charge in [-0.25, -0.2) is 0 Å². The molecule has 0 bridgehead atoms. The molecule has 0 unspecified atom stereocenters. The summed E-state index contributed by atoms with van der Waals surface area (Å²) >= 11 is 0. The first-order valence-electron chi connectivity index (χ1n) is 8.09. The van der Waals surface area contributed by atoms with Crippen molar-refractivity contribution in [3.05, 3.63) is 17.7 Å². The molecule has 0 heterocycles. The number of carbonyl (C=O) groups is 1. The van der Waals surface area contributed by atoms with Crippen LogP contribution in [0.15, 0.2) is 17.2 Å². The third-order valence-electron chi connectivity index (χ3n) is 3.29. The van der Waals surface area contributed by atoms with E-state index in [1.54, 1.807) is 19.2 Å². The van der Waals surface area contributed by atoms with Crippen molar-refractivity contribution in [3.8, 4) is 17.6 Å². The summed E-state index contributed by atoms with van der Waals surface area (Å²) in [5, 5.41) is 22.8. The van der Waals surface area contributed by atoms with E-state index in [-0.39, 0.29) is 18.2 Å². The van der Waals surface area contributed by atoms with E-state index in [0.717, 1.165) is 18.4 Å². The summed E-state index contributed by atoms with van der Waals surface area (Å²) < 4.78 is 11.0. The minimum atomic E-state index is -0.419. The number of nitrogens with zero attached hydrogens (tertiary/aromatic N) is 2. The molecule has 0 spiro atoms. The molecule has 0 aliphatic heterocycles. The quantitative estimate of drug-likeness (QED) is 0.215. The van der Waals surface area contributed by atoms with Gasteiger partial charge in [-0.3, -0.25) is 15.6 Å². The van der Waals surface area contributed by atoms with Crippen LogP contribution in [-0.4, -0.2) is 37.7 Å². The zero-order valence-corrected chi connectivity index (χ0v) is 15.2. The fourth-order valence-corrected chi connectivity index (χ4v) is 2.10. The first-order chi connectivity index (χ1) is 12.4. The predicted molar refractivity (Wildman–Crippen MR) is 99.8 cm³/mol. The largest absolute Gasteiger partial charge is 0.493 e. The molecule has 140 valence electrons. The highest BCUT2D eigenvalue weighted by atomic mass is 16.5. The summed E-state index contributed by atoms with van der Waals surface area (Å²) in [6.07, 6.45) is 1.64. The molecular weight excluding hydrogens is 336 g/mol. The number of nitrogens with two attached hydrogens (primary N) is 1. The van der Waals surface area contributed by atoms with Gasteiger partial charge >= 0.3 is 0 Å². The highest BCUT2D eigenvalue weighted by Gasteiger charge is 2.12. The fourth-order valence-electron chi connectivity index (χ4n) is 2.10. The molecule has 26 heavy (non-hydrogen) atoms. The number of benzene rings is 1. The Labute approximate surface area is 152 Å². The van der Waals surface area contributed by atoms with Crippen LogP contribution < -0.4 is 25.9 Å². The van der Waals surface area contributed by atoms with Gasteiger partial charge in [0.05, 0.1) is 19.3 Å². The number of hydrogen-bond donors (Lipinski definition) is 4. The molecule has 9 heteroatoms. The van der Waals surface area contributed by atoms with Crippen molar-refractivity contribution in [2.24, 2.45) is 10.8 Å². The molecule has 0 saturated carbocycles. The average Bonchev–Trinajstić information content (AvgIpc) is 2.60. The molecule has 1 amide bonds. The third kappa shape index (κ3) is 6.32.